The molecule has 0 aliphatic rings. The lowest BCUT2D eigenvalue weighted by Crippen LogP contribution is -2.05. The molecule has 0 saturated carbocycles. The van der Waals surface area contributed by atoms with Crippen LogP contribution in [0.1, 0.15) is 18.5 Å². The van der Waals surface area contributed by atoms with Crippen LogP contribution in [0, 0.1) is 5.82 Å². The van der Waals surface area contributed by atoms with Crippen molar-refractivity contribution in [3.8, 4) is 11.6 Å². The van der Waals surface area contributed by atoms with Gasteiger partial charge >= 0.3 is 0 Å². The lowest BCUT2D eigenvalue weighted by Gasteiger charge is -2.08. The molecule has 0 aliphatic carbocycles. The van der Waals surface area contributed by atoms with Crippen molar-refractivity contribution in [1.82, 2.24) is 4.98 Å². The van der Waals surface area contributed by atoms with Crippen LogP contribution in [0.25, 0.3) is 0 Å². The van der Waals surface area contributed by atoms with Crippen molar-refractivity contribution < 1.29 is 9.13 Å². The molecule has 94 valence electrons. The van der Waals surface area contributed by atoms with Crippen LogP contribution in [0.4, 0.5) is 4.39 Å². The summed E-state index contributed by atoms with van der Waals surface area (Å²) in [6.07, 6.45) is 1.66. The number of hydrogen-bond acceptors (Lipinski definition) is 3. The van der Waals surface area contributed by atoms with Gasteiger partial charge < -0.3 is 10.5 Å². The molecule has 1 unspecified atom stereocenters. The molecule has 0 radical (unpaired) electrons. The Hall–Kier alpha value is -1.46. The highest BCUT2D eigenvalue weighted by Gasteiger charge is 2.06. The van der Waals surface area contributed by atoms with E-state index in [0.29, 0.717) is 16.1 Å². The average Bonchev–Trinajstić information content (AvgIpc) is 2.33. The molecule has 0 amide bonds. The fraction of sp³-hybridized carbons (Fsp3) is 0.154. The molecule has 18 heavy (non-hydrogen) atoms. The third-order valence-corrected chi connectivity index (χ3v) is 3.01. The van der Waals surface area contributed by atoms with Gasteiger partial charge in [-0.15, -0.1) is 0 Å². The van der Waals surface area contributed by atoms with E-state index in [1.165, 1.54) is 12.1 Å². The van der Waals surface area contributed by atoms with Gasteiger partial charge in [-0.05, 0) is 46.6 Å². The van der Waals surface area contributed by atoms with E-state index >= 15 is 0 Å². The minimum atomic E-state index is -0.325. The van der Waals surface area contributed by atoms with Crippen LogP contribution < -0.4 is 10.5 Å². The average molecular weight is 311 g/mol. The first-order valence-electron chi connectivity index (χ1n) is 5.40. The predicted molar refractivity (Wildman–Crippen MR) is 71.0 cm³/mol. The molecule has 0 bridgehead atoms. The summed E-state index contributed by atoms with van der Waals surface area (Å²) in [6, 6.07) is 7.73. The Morgan fingerprint density at radius 3 is 2.67 bits per heavy atom. The maximum atomic E-state index is 12.9. The Morgan fingerprint density at radius 1 is 1.33 bits per heavy atom. The van der Waals surface area contributed by atoms with E-state index in [2.05, 4.69) is 20.9 Å². The second-order valence-electron chi connectivity index (χ2n) is 3.90. The summed E-state index contributed by atoms with van der Waals surface area (Å²) in [7, 11) is 0. The summed E-state index contributed by atoms with van der Waals surface area (Å²) >= 11 is 3.23. The van der Waals surface area contributed by atoms with Gasteiger partial charge in [0.15, 0.2) is 0 Å². The van der Waals surface area contributed by atoms with E-state index < -0.39 is 0 Å². The molecule has 0 aliphatic heterocycles. The molecule has 2 N–H and O–H groups in total. The van der Waals surface area contributed by atoms with Gasteiger partial charge in [0.25, 0.3) is 0 Å². The summed E-state index contributed by atoms with van der Waals surface area (Å²) in [5.41, 5.74) is 6.66. The van der Waals surface area contributed by atoms with Crippen LogP contribution >= 0.6 is 15.9 Å². The van der Waals surface area contributed by atoms with Gasteiger partial charge in [-0.1, -0.05) is 6.07 Å². The van der Waals surface area contributed by atoms with Gasteiger partial charge in [-0.3, -0.25) is 0 Å². The molecular weight excluding hydrogens is 299 g/mol. The zero-order chi connectivity index (χ0) is 13.1. The molecule has 1 aromatic heterocycles. The number of rotatable bonds is 3. The Morgan fingerprint density at radius 2 is 2.11 bits per heavy atom. The Bertz CT molecular complexity index is 543. The summed E-state index contributed by atoms with van der Waals surface area (Å²) in [4.78, 5) is 4.14. The molecule has 1 heterocycles. The molecule has 0 fully saturated rings. The topological polar surface area (TPSA) is 48.1 Å². The van der Waals surface area contributed by atoms with Gasteiger partial charge in [0.05, 0.1) is 4.47 Å². The van der Waals surface area contributed by atoms with Crippen molar-refractivity contribution in [2.45, 2.75) is 13.0 Å². The molecule has 0 spiro atoms. The number of aromatic nitrogens is 1. The summed E-state index contributed by atoms with van der Waals surface area (Å²) in [5.74, 6) is 0.624. The quantitative estimate of drug-likeness (QED) is 0.938. The fourth-order valence-electron chi connectivity index (χ4n) is 1.39. The molecule has 0 saturated heterocycles. The molecule has 5 heteroatoms. The molecule has 2 aromatic rings. The number of nitrogens with zero attached hydrogens (tertiary/aromatic N) is 1. The maximum absolute atomic E-state index is 12.9. The monoisotopic (exact) mass is 310 g/mol. The first-order valence-corrected chi connectivity index (χ1v) is 6.20. The van der Waals surface area contributed by atoms with Gasteiger partial charge in [-0.25, -0.2) is 9.37 Å². The van der Waals surface area contributed by atoms with Crippen molar-refractivity contribution in [1.29, 1.82) is 0 Å². The summed E-state index contributed by atoms with van der Waals surface area (Å²) < 4.78 is 19.0. The van der Waals surface area contributed by atoms with Crippen molar-refractivity contribution >= 4 is 15.9 Å². The van der Waals surface area contributed by atoms with Gasteiger partial charge in [0.2, 0.25) is 5.88 Å². The number of nitrogens with two attached hydrogens (primary N) is 1. The standard InChI is InChI=1S/C13H12BrFN2O/c1-8(16)9-2-5-13(17-7-9)18-12-4-3-10(15)6-11(12)14/h2-8H,16H2,1H3. The van der Waals surface area contributed by atoms with Crippen LogP contribution in [0.15, 0.2) is 41.0 Å². The van der Waals surface area contributed by atoms with Crippen molar-refractivity contribution in [2.24, 2.45) is 5.73 Å². The maximum Gasteiger partial charge on any atom is 0.219 e. The SMILES string of the molecule is CC(N)c1ccc(Oc2ccc(F)cc2Br)nc1. The highest BCUT2D eigenvalue weighted by molar-refractivity contribution is 9.10. The second-order valence-corrected chi connectivity index (χ2v) is 4.75. The van der Waals surface area contributed by atoms with E-state index in [-0.39, 0.29) is 11.9 Å². The van der Waals surface area contributed by atoms with Crippen LogP contribution in [-0.4, -0.2) is 4.98 Å². The van der Waals surface area contributed by atoms with Gasteiger partial charge in [0, 0.05) is 18.3 Å². The van der Waals surface area contributed by atoms with Crippen LogP contribution in [-0.2, 0) is 0 Å². The molecule has 3 nitrogen and oxygen atoms in total. The Balaban J connectivity index is 2.18. The predicted octanol–water partition coefficient (Wildman–Crippen LogP) is 3.80. The minimum absolute atomic E-state index is 0.0656. The van der Waals surface area contributed by atoms with E-state index in [1.54, 1.807) is 18.3 Å². The zero-order valence-corrected chi connectivity index (χ0v) is 11.3. The molecule has 1 atom stereocenters. The highest BCUT2D eigenvalue weighted by Crippen LogP contribution is 2.29. The number of ether oxygens (including phenoxy) is 1. The second kappa shape index (κ2) is 5.46. The highest BCUT2D eigenvalue weighted by atomic mass is 79.9. The van der Waals surface area contributed by atoms with E-state index in [9.17, 15) is 4.39 Å². The van der Waals surface area contributed by atoms with Crippen molar-refractivity contribution in [3.05, 3.63) is 52.4 Å². The van der Waals surface area contributed by atoms with Crippen LogP contribution in [0.2, 0.25) is 0 Å². The third-order valence-electron chi connectivity index (χ3n) is 2.39. The largest absolute Gasteiger partial charge is 0.438 e. The molecule has 1 aromatic carbocycles. The number of halogens is 2. The number of hydrogen-bond donors (Lipinski definition) is 1. The zero-order valence-electron chi connectivity index (χ0n) is 9.73. The first kappa shape index (κ1) is 13.0. The van der Waals surface area contributed by atoms with Crippen molar-refractivity contribution in [2.75, 3.05) is 0 Å². The smallest absolute Gasteiger partial charge is 0.219 e. The summed E-state index contributed by atoms with van der Waals surface area (Å²) in [5, 5.41) is 0. The first-order chi connectivity index (χ1) is 8.56. The van der Waals surface area contributed by atoms with Crippen molar-refractivity contribution in [3.63, 3.8) is 0 Å². The lowest BCUT2D eigenvalue weighted by molar-refractivity contribution is 0.457. The summed E-state index contributed by atoms with van der Waals surface area (Å²) in [6.45, 7) is 1.88. The van der Waals surface area contributed by atoms with E-state index in [0.717, 1.165) is 5.56 Å². The fourth-order valence-corrected chi connectivity index (χ4v) is 1.82. The van der Waals surface area contributed by atoms with E-state index in [1.807, 2.05) is 13.0 Å². The number of pyridine rings is 1. The van der Waals surface area contributed by atoms with Crippen LogP contribution in [0.3, 0.4) is 0 Å². The Labute approximate surface area is 113 Å². The lowest BCUT2D eigenvalue weighted by atomic mass is 10.2. The minimum Gasteiger partial charge on any atom is -0.438 e. The molecular formula is C13H12BrFN2O. The number of benzene rings is 1. The normalized spacial score (nSPS) is 12.2. The third kappa shape index (κ3) is 3.05. The van der Waals surface area contributed by atoms with E-state index in [4.69, 9.17) is 10.5 Å². The molecule has 2 rings (SSSR count). The van der Waals surface area contributed by atoms with Crippen LogP contribution in [0.5, 0.6) is 11.6 Å². The van der Waals surface area contributed by atoms with Gasteiger partial charge in [-0.2, -0.15) is 0 Å². The Kier molecular flexibility index (Phi) is 3.93. The van der Waals surface area contributed by atoms with Gasteiger partial charge in [0.1, 0.15) is 11.6 Å².